The number of nitrogens with zero attached hydrogens (tertiary/aromatic N) is 1. The molecule has 0 fully saturated rings. The summed E-state index contributed by atoms with van der Waals surface area (Å²) < 4.78 is 5.25. The molecule has 0 aliphatic heterocycles. The van der Waals surface area contributed by atoms with Crippen molar-refractivity contribution in [1.82, 2.24) is 4.98 Å². The second-order valence-electron chi connectivity index (χ2n) is 3.78. The highest BCUT2D eigenvalue weighted by atomic mass is 32.1. The van der Waals surface area contributed by atoms with Crippen LogP contribution in [0.25, 0.3) is 0 Å². The largest absolute Gasteiger partial charge is 0.478 e. The molecule has 5 nitrogen and oxygen atoms in total. The van der Waals surface area contributed by atoms with Crippen LogP contribution in [0.1, 0.15) is 22.2 Å². The van der Waals surface area contributed by atoms with Gasteiger partial charge in [-0.25, -0.2) is 9.78 Å². The summed E-state index contributed by atoms with van der Waals surface area (Å²) in [5.74, 6) is -0.303. The standard InChI is InChI=1S/C13H14N2O3S/c1-2-18-12-4-3-10(6-15-12)14-7-11-5-9(8-19-11)13(16)17/h3-6,8,14H,2,7H2,1H3,(H,16,17). The Balaban J connectivity index is 1.92. The number of carbonyl (C=O) groups is 1. The molecular weight excluding hydrogens is 264 g/mol. The van der Waals surface area contributed by atoms with Crippen molar-refractivity contribution in [2.24, 2.45) is 0 Å². The van der Waals surface area contributed by atoms with Crippen molar-refractivity contribution in [2.45, 2.75) is 13.5 Å². The minimum atomic E-state index is -0.898. The average Bonchev–Trinajstić information content (AvgIpc) is 2.87. The molecule has 6 heteroatoms. The molecule has 0 aromatic carbocycles. The number of carboxylic acids is 1. The van der Waals surface area contributed by atoms with Gasteiger partial charge < -0.3 is 15.2 Å². The van der Waals surface area contributed by atoms with Gasteiger partial charge in [-0.3, -0.25) is 0 Å². The summed E-state index contributed by atoms with van der Waals surface area (Å²) in [6.07, 6.45) is 1.69. The molecule has 0 aliphatic carbocycles. The lowest BCUT2D eigenvalue weighted by atomic mass is 10.3. The second-order valence-corrected chi connectivity index (χ2v) is 4.77. The normalized spacial score (nSPS) is 10.2. The van der Waals surface area contributed by atoms with E-state index in [1.54, 1.807) is 23.7 Å². The van der Waals surface area contributed by atoms with Crippen molar-refractivity contribution in [2.75, 3.05) is 11.9 Å². The summed E-state index contributed by atoms with van der Waals surface area (Å²) in [7, 11) is 0. The maximum atomic E-state index is 10.7. The van der Waals surface area contributed by atoms with E-state index >= 15 is 0 Å². The molecule has 0 bridgehead atoms. The quantitative estimate of drug-likeness (QED) is 0.850. The van der Waals surface area contributed by atoms with Gasteiger partial charge in [0.25, 0.3) is 0 Å². The number of pyridine rings is 1. The molecule has 2 rings (SSSR count). The Kier molecular flexibility index (Phi) is 4.35. The fourth-order valence-corrected chi connectivity index (χ4v) is 2.29. The van der Waals surface area contributed by atoms with Crippen LogP contribution < -0.4 is 10.1 Å². The first kappa shape index (κ1) is 13.4. The number of hydrogen-bond donors (Lipinski definition) is 2. The van der Waals surface area contributed by atoms with Crippen molar-refractivity contribution in [3.63, 3.8) is 0 Å². The zero-order valence-corrected chi connectivity index (χ0v) is 11.2. The molecule has 0 saturated heterocycles. The molecule has 19 heavy (non-hydrogen) atoms. The summed E-state index contributed by atoms with van der Waals surface area (Å²) in [6.45, 7) is 3.07. The molecule has 0 unspecified atom stereocenters. The monoisotopic (exact) mass is 278 g/mol. The molecule has 0 aliphatic rings. The predicted molar refractivity (Wildman–Crippen MR) is 74.0 cm³/mol. The summed E-state index contributed by atoms with van der Waals surface area (Å²) in [6, 6.07) is 5.34. The van der Waals surface area contributed by atoms with Crippen LogP contribution in [-0.4, -0.2) is 22.7 Å². The SMILES string of the molecule is CCOc1ccc(NCc2cc(C(=O)O)cs2)cn1. The Labute approximate surface area is 114 Å². The molecule has 2 aromatic rings. The van der Waals surface area contributed by atoms with Crippen LogP contribution in [-0.2, 0) is 6.54 Å². The maximum Gasteiger partial charge on any atom is 0.336 e. The van der Waals surface area contributed by atoms with Crippen molar-refractivity contribution in [1.29, 1.82) is 0 Å². The number of nitrogens with one attached hydrogen (secondary N) is 1. The summed E-state index contributed by atoms with van der Waals surface area (Å²) in [5.41, 5.74) is 1.19. The molecular formula is C13H14N2O3S. The minimum absolute atomic E-state index is 0.326. The third kappa shape index (κ3) is 3.69. The highest BCUT2D eigenvalue weighted by Gasteiger charge is 2.06. The van der Waals surface area contributed by atoms with E-state index in [0.29, 0.717) is 24.6 Å². The lowest BCUT2D eigenvalue weighted by Gasteiger charge is -2.05. The third-order valence-corrected chi connectivity index (χ3v) is 3.33. The summed E-state index contributed by atoms with van der Waals surface area (Å²) >= 11 is 1.42. The van der Waals surface area contributed by atoms with Gasteiger partial charge in [0.15, 0.2) is 0 Å². The van der Waals surface area contributed by atoms with E-state index < -0.39 is 5.97 Å². The van der Waals surface area contributed by atoms with Gasteiger partial charge in [0.2, 0.25) is 5.88 Å². The Morgan fingerprint density at radius 1 is 1.53 bits per heavy atom. The number of carboxylic acid groups (broad SMARTS) is 1. The van der Waals surface area contributed by atoms with E-state index in [4.69, 9.17) is 9.84 Å². The highest BCUT2D eigenvalue weighted by Crippen LogP contribution is 2.17. The fourth-order valence-electron chi connectivity index (χ4n) is 1.49. The van der Waals surface area contributed by atoms with Gasteiger partial charge in [-0.15, -0.1) is 11.3 Å². The van der Waals surface area contributed by atoms with Gasteiger partial charge in [-0.1, -0.05) is 0 Å². The first-order chi connectivity index (χ1) is 9.19. The molecule has 100 valence electrons. The zero-order chi connectivity index (χ0) is 13.7. The van der Waals surface area contributed by atoms with Crippen molar-refractivity contribution >= 4 is 23.0 Å². The molecule has 0 radical (unpaired) electrons. The number of hydrogen-bond acceptors (Lipinski definition) is 5. The van der Waals surface area contributed by atoms with Crippen LogP contribution in [0.15, 0.2) is 29.8 Å². The second kappa shape index (κ2) is 6.19. The number of rotatable bonds is 6. The molecule has 0 spiro atoms. The smallest absolute Gasteiger partial charge is 0.336 e. The maximum absolute atomic E-state index is 10.7. The van der Waals surface area contributed by atoms with E-state index in [2.05, 4.69) is 10.3 Å². The van der Waals surface area contributed by atoms with E-state index in [1.807, 2.05) is 13.0 Å². The van der Waals surface area contributed by atoms with E-state index in [0.717, 1.165) is 10.6 Å². The van der Waals surface area contributed by atoms with Gasteiger partial charge >= 0.3 is 5.97 Å². The average molecular weight is 278 g/mol. The highest BCUT2D eigenvalue weighted by molar-refractivity contribution is 7.10. The number of aromatic nitrogens is 1. The summed E-state index contributed by atoms with van der Waals surface area (Å²) in [4.78, 5) is 15.9. The molecule has 2 aromatic heterocycles. The Bertz CT molecular complexity index is 551. The molecule has 2 N–H and O–H groups in total. The lowest BCUT2D eigenvalue weighted by Crippen LogP contribution is -1.99. The fraction of sp³-hybridized carbons (Fsp3) is 0.231. The van der Waals surface area contributed by atoms with Crippen molar-refractivity contribution in [3.05, 3.63) is 40.2 Å². The lowest BCUT2D eigenvalue weighted by molar-refractivity contribution is 0.0697. The van der Waals surface area contributed by atoms with Gasteiger partial charge in [0.1, 0.15) is 0 Å². The van der Waals surface area contributed by atoms with Gasteiger partial charge in [0.05, 0.1) is 24.1 Å². The third-order valence-electron chi connectivity index (χ3n) is 2.40. The first-order valence-corrected chi connectivity index (χ1v) is 6.70. The molecule has 2 heterocycles. The predicted octanol–water partition coefficient (Wildman–Crippen LogP) is 2.85. The molecule has 0 amide bonds. The number of thiophene rings is 1. The van der Waals surface area contributed by atoms with Crippen LogP contribution >= 0.6 is 11.3 Å². The Hall–Kier alpha value is -2.08. The van der Waals surface area contributed by atoms with Crippen LogP contribution in [0.5, 0.6) is 5.88 Å². The topological polar surface area (TPSA) is 71.5 Å². The van der Waals surface area contributed by atoms with Gasteiger partial charge in [-0.2, -0.15) is 0 Å². The van der Waals surface area contributed by atoms with Crippen LogP contribution in [0.2, 0.25) is 0 Å². The molecule has 0 atom stereocenters. The Morgan fingerprint density at radius 3 is 2.95 bits per heavy atom. The minimum Gasteiger partial charge on any atom is -0.478 e. The van der Waals surface area contributed by atoms with Crippen LogP contribution in [0.4, 0.5) is 5.69 Å². The number of anilines is 1. The van der Waals surface area contributed by atoms with E-state index in [1.165, 1.54) is 11.3 Å². The van der Waals surface area contributed by atoms with E-state index in [9.17, 15) is 4.79 Å². The van der Waals surface area contributed by atoms with Gasteiger partial charge in [-0.05, 0) is 19.1 Å². The van der Waals surface area contributed by atoms with Crippen LogP contribution in [0.3, 0.4) is 0 Å². The Morgan fingerprint density at radius 2 is 2.37 bits per heavy atom. The van der Waals surface area contributed by atoms with Crippen molar-refractivity contribution in [3.8, 4) is 5.88 Å². The number of ether oxygens (including phenoxy) is 1. The first-order valence-electron chi connectivity index (χ1n) is 5.82. The van der Waals surface area contributed by atoms with Crippen molar-refractivity contribution < 1.29 is 14.6 Å². The van der Waals surface area contributed by atoms with Gasteiger partial charge in [0, 0.05) is 22.9 Å². The molecule has 0 saturated carbocycles. The summed E-state index contributed by atoms with van der Waals surface area (Å²) in [5, 5.41) is 13.6. The zero-order valence-electron chi connectivity index (χ0n) is 10.4. The van der Waals surface area contributed by atoms with E-state index in [-0.39, 0.29) is 0 Å². The number of aromatic carboxylic acids is 1. The van der Waals surface area contributed by atoms with Crippen LogP contribution in [0, 0.1) is 0 Å².